The number of carbonyl (C=O) groups excluding carboxylic acids is 1. The maximum atomic E-state index is 11.0. The second-order valence-corrected chi connectivity index (χ2v) is 3.98. The molecule has 1 aromatic rings. The standard InChI is InChI=1S/C10H9BrO2/c11-7-1-3-8(4-2-7)13-10-6-5-9(10)12/h1-4,10H,5-6H2. The minimum atomic E-state index is -0.193. The number of hydrogen-bond donors (Lipinski definition) is 0. The van der Waals surface area contributed by atoms with Gasteiger partial charge >= 0.3 is 0 Å². The Kier molecular flexibility index (Phi) is 2.36. The minimum Gasteiger partial charge on any atom is -0.483 e. The first-order valence-electron chi connectivity index (χ1n) is 4.20. The molecule has 13 heavy (non-hydrogen) atoms. The molecule has 0 bridgehead atoms. The first-order valence-corrected chi connectivity index (χ1v) is 5.00. The van der Waals surface area contributed by atoms with E-state index in [0.717, 1.165) is 16.6 Å². The van der Waals surface area contributed by atoms with E-state index in [1.165, 1.54) is 0 Å². The molecule has 1 saturated carbocycles. The van der Waals surface area contributed by atoms with Gasteiger partial charge in [0, 0.05) is 10.9 Å². The molecule has 1 atom stereocenters. The molecule has 0 aromatic heterocycles. The van der Waals surface area contributed by atoms with Gasteiger partial charge in [-0.05, 0) is 30.7 Å². The number of benzene rings is 1. The maximum absolute atomic E-state index is 11.0. The summed E-state index contributed by atoms with van der Waals surface area (Å²) in [5.74, 6) is 0.976. The van der Waals surface area contributed by atoms with Gasteiger partial charge in [0.05, 0.1) is 0 Å². The van der Waals surface area contributed by atoms with Gasteiger partial charge in [-0.1, -0.05) is 15.9 Å². The molecule has 1 fully saturated rings. The predicted molar refractivity (Wildman–Crippen MR) is 52.8 cm³/mol. The van der Waals surface area contributed by atoms with Gasteiger partial charge in [-0.2, -0.15) is 0 Å². The van der Waals surface area contributed by atoms with Crippen LogP contribution in [0, 0.1) is 0 Å². The van der Waals surface area contributed by atoms with Crippen molar-refractivity contribution in [3.05, 3.63) is 28.7 Å². The van der Waals surface area contributed by atoms with Gasteiger partial charge in [0.15, 0.2) is 11.9 Å². The van der Waals surface area contributed by atoms with E-state index in [1.54, 1.807) is 0 Å². The number of ketones is 1. The van der Waals surface area contributed by atoms with Crippen LogP contribution in [0.25, 0.3) is 0 Å². The number of rotatable bonds is 2. The van der Waals surface area contributed by atoms with Crippen molar-refractivity contribution in [1.82, 2.24) is 0 Å². The van der Waals surface area contributed by atoms with E-state index >= 15 is 0 Å². The fourth-order valence-corrected chi connectivity index (χ4v) is 1.45. The van der Waals surface area contributed by atoms with E-state index in [0.29, 0.717) is 6.42 Å². The summed E-state index contributed by atoms with van der Waals surface area (Å²) >= 11 is 3.33. The summed E-state index contributed by atoms with van der Waals surface area (Å²) in [6.45, 7) is 0. The molecule has 2 nitrogen and oxygen atoms in total. The van der Waals surface area contributed by atoms with Crippen molar-refractivity contribution in [3.63, 3.8) is 0 Å². The highest BCUT2D eigenvalue weighted by Gasteiger charge is 2.29. The maximum Gasteiger partial charge on any atom is 0.173 e. The molecule has 0 aliphatic heterocycles. The van der Waals surface area contributed by atoms with Gasteiger partial charge in [0.2, 0.25) is 0 Å². The molecular weight excluding hydrogens is 232 g/mol. The molecule has 2 rings (SSSR count). The predicted octanol–water partition coefficient (Wildman–Crippen LogP) is 2.56. The molecule has 1 unspecified atom stereocenters. The molecule has 0 N–H and O–H groups in total. The first kappa shape index (κ1) is 8.75. The van der Waals surface area contributed by atoms with E-state index in [-0.39, 0.29) is 11.9 Å². The van der Waals surface area contributed by atoms with Gasteiger partial charge in [0.25, 0.3) is 0 Å². The summed E-state index contributed by atoms with van der Waals surface area (Å²) in [7, 11) is 0. The molecule has 0 amide bonds. The molecule has 3 heteroatoms. The Balaban J connectivity index is 2.01. The monoisotopic (exact) mass is 240 g/mol. The summed E-state index contributed by atoms with van der Waals surface area (Å²) in [6, 6.07) is 7.52. The van der Waals surface area contributed by atoms with E-state index < -0.39 is 0 Å². The largest absolute Gasteiger partial charge is 0.483 e. The number of hydrogen-bond acceptors (Lipinski definition) is 2. The van der Waals surface area contributed by atoms with E-state index in [2.05, 4.69) is 15.9 Å². The van der Waals surface area contributed by atoms with Gasteiger partial charge in [-0.3, -0.25) is 4.79 Å². The Labute approximate surface area is 85.0 Å². The Bertz CT molecular complexity index is 318. The molecule has 0 heterocycles. The lowest BCUT2D eigenvalue weighted by Crippen LogP contribution is -2.36. The van der Waals surface area contributed by atoms with Crippen LogP contribution < -0.4 is 4.74 Å². The average Bonchev–Trinajstić information content (AvgIpc) is 2.15. The highest BCUT2D eigenvalue weighted by atomic mass is 79.9. The Hall–Kier alpha value is -0.830. The fraction of sp³-hybridized carbons (Fsp3) is 0.300. The van der Waals surface area contributed by atoms with Crippen LogP contribution in [0.4, 0.5) is 0 Å². The zero-order chi connectivity index (χ0) is 9.26. The molecule has 1 aliphatic rings. The summed E-state index contributed by atoms with van der Waals surface area (Å²) in [5.41, 5.74) is 0. The van der Waals surface area contributed by atoms with Crippen molar-refractivity contribution < 1.29 is 9.53 Å². The molecule has 1 aliphatic carbocycles. The molecule has 68 valence electrons. The van der Waals surface area contributed by atoms with Crippen LogP contribution in [0.5, 0.6) is 5.75 Å². The van der Waals surface area contributed by atoms with Crippen molar-refractivity contribution >= 4 is 21.7 Å². The lowest BCUT2D eigenvalue weighted by Gasteiger charge is -2.24. The average molecular weight is 241 g/mol. The lowest BCUT2D eigenvalue weighted by atomic mass is 9.94. The number of Topliss-reactive ketones (excluding diaryl/α,β-unsaturated/α-hetero) is 1. The van der Waals surface area contributed by atoms with Gasteiger partial charge < -0.3 is 4.74 Å². The Morgan fingerprint density at radius 3 is 2.46 bits per heavy atom. The van der Waals surface area contributed by atoms with Crippen LogP contribution in [0.15, 0.2) is 28.7 Å². The van der Waals surface area contributed by atoms with E-state index in [1.807, 2.05) is 24.3 Å². The van der Waals surface area contributed by atoms with Crippen LogP contribution in [0.2, 0.25) is 0 Å². The van der Waals surface area contributed by atoms with Crippen molar-refractivity contribution in [3.8, 4) is 5.75 Å². The molecular formula is C10H9BrO2. The van der Waals surface area contributed by atoms with Gasteiger partial charge in [-0.15, -0.1) is 0 Å². The van der Waals surface area contributed by atoms with Crippen molar-refractivity contribution in [2.24, 2.45) is 0 Å². The number of halogens is 1. The summed E-state index contributed by atoms with van der Waals surface area (Å²) in [5, 5.41) is 0. The van der Waals surface area contributed by atoms with Crippen molar-refractivity contribution in [1.29, 1.82) is 0 Å². The minimum absolute atomic E-state index is 0.193. The fourth-order valence-electron chi connectivity index (χ4n) is 1.18. The Morgan fingerprint density at radius 2 is 2.00 bits per heavy atom. The third-order valence-electron chi connectivity index (χ3n) is 2.10. The molecule has 0 spiro atoms. The second kappa shape index (κ2) is 3.50. The zero-order valence-corrected chi connectivity index (χ0v) is 8.58. The molecule has 0 saturated heterocycles. The highest BCUT2D eigenvalue weighted by Crippen LogP contribution is 2.23. The first-order chi connectivity index (χ1) is 6.25. The SMILES string of the molecule is O=C1CCC1Oc1ccc(Br)cc1. The summed E-state index contributed by atoms with van der Waals surface area (Å²) < 4.78 is 6.46. The van der Waals surface area contributed by atoms with E-state index in [9.17, 15) is 4.79 Å². The van der Waals surface area contributed by atoms with E-state index in [4.69, 9.17) is 4.74 Å². The normalized spacial score (nSPS) is 21.0. The number of ether oxygens (including phenoxy) is 1. The third kappa shape index (κ3) is 1.91. The number of carbonyl (C=O) groups is 1. The lowest BCUT2D eigenvalue weighted by molar-refractivity contribution is -0.133. The van der Waals surface area contributed by atoms with Crippen LogP contribution in [0.3, 0.4) is 0 Å². The van der Waals surface area contributed by atoms with Crippen LogP contribution in [0.1, 0.15) is 12.8 Å². The smallest absolute Gasteiger partial charge is 0.173 e. The summed E-state index contributed by atoms with van der Waals surface area (Å²) in [6.07, 6.45) is 1.33. The van der Waals surface area contributed by atoms with Crippen LogP contribution in [-0.2, 0) is 4.79 Å². The molecule has 0 radical (unpaired) electrons. The van der Waals surface area contributed by atoms with Crippen molar-refractivity contribution in [2.75, 3.05) is 0 Å². The van der Waals surface area contributed by atoms with Gasteiger partial charge in [-0.25, -0.2) is 0 Å². The quantitative estimate of drug-likeness (QED) is 0.795. The zero-order valence-electron chi connectivity index (χ0n) is 7.00. The Morgan fingerprint density at radius 1 is 1.31 bits per heavy atom. The second-order valence-electron chi connectivity index (χ2n) is 3.07. The third-order valence-corrected chi connectivity index (χ3v) is 2.63. The molecule has 1 aromatic carbocycles. The van der Waals surface area contributed by atoms with Crippen LogP contribution in [-0.4, -0.2) is 11.9 Å². The summed E-state index contributed by atoms with van der Waals surface area (Å²) in [4.78, 5) is 11.0. The van der Waals surface area contributed by atoms with Crippen molar-refractivity contribution in [2.45, 2.75) is 18.9 Å². The van der Waals surface area contributed by atoms with Gasteiger partial charge in [0.1, 0.15) is 5.75 Å². The topological polar surface area (TPSA) is 26.3 Å². The van der Waals surface area contributed by atoms with Crippen LogP contribution >= 0.6 is 15.9 Å². The highest BCUT2D eigenvalue weighted by molar-refractivity contribution is 9.10.